The molecule has 0 unspecified atom stereocenters. The van der Waals surface area contributed by atoms with Gasteiger partial charge in [-0.05, 0) is 35.4 Å². The molecule has 2 aromatic rings. The largest absolute Gasteiger partial charge is 0.497 e. The summed E-state index contributed by atoms with van der Waals surface area (Å²) in [6, 6.07) is 14.3. The van der Waals surface area contributed by atoms with Gasteiger partial charge in [0.15, 0.2) is 0 Å². The van der Waals surface area contributed by atoms with Gasteiger partial charge in [-0.25, -0.2) is 12.7 Å². The van der Waals surface area contributed by atoms with Crippen molar-refractivity contribution in [3.05, 3.63) is 59.7 Å². The average Bonchev–Trinajstić information content (AvgIpc) is 2.66. The van der Waals surface area contributed by atoms with Crippen molar-refractivity contribution in [1.29, 1.82) is 0 Å². The molecule has 0 atom stereocenters. The van der Waals surface area contributed by atoms with Crippen molar-refractivity contribution in [3.63, 3.8) is 0 Å². The SMILES string of the molecule is COc1cccc(CNC(=O)CSCc2cccc(S(=O)(=O)N(C)C)c2)c1. The predicted octanol–water partition coefficient (Wildman–Crippen LogP) is 2.50. The lowest BCUT2D eigenvalue weighted by molar-refractivity contribution is -0.118. The maximum absolute atomic E-state index is 12.2. The molecule has 2 aromatic carbocycles. The van der Waals surface area contributed by atoms with E-state index in [4.69, 9.17) is 4.74 Å². The van der Waals surface area contributed by atoms with Crippen LogP contribution in [0.2, 0.25) is 0 Å². The molecule has 0 fully saturated rings. The molecule has 0 bridgehead atoms. The van der Waals surface area contributed by atoms with E-state index in [1.165, 1.54) is 30.2 Å². The Hall–Kier alpha value is -2.03. The number of hydrogen-bond acceptors (Lipinski definition) is 5. The third kappa shape index (κ3) is 6.27. The summed E-state index contributed by atoms with van der Waals surface area (Å²) in [7, 11) is 1.16. The van der Waals surface area contributed by atoms with Crippen LogP contribution in [-0.2, 0) is 27.1 Å². The molecule has 2 rings (SSSR count). The highest BCUT2D eigenvalue weighted by molar-refractivity contribution is 7.99. The van der Waals surface area contributed by atoms with Gasteiger partial charge in [0, 0.05) is 26.4 Å². The minimum atomic E-state index is -3.45. The lowest BCUT2D eigenvalue weighted by Gasteiger charge is -2.12. The predicted molar refractivity (Wildman–Crippen MR) is 108 cm³/mol. The molecule has 0 saturated carbocycles. The van der Waals surface area contributed by atoms with Crippen molar-refractivity contribution in [2.45, 2.75) is 17.2 Å². The number of carbonyl (C=O) groups excluding carboxylic acids is 1. The van der Waals surface area contributed by atoms with Gasteiger partial charge in [-0.3, -0.25) is 4.79 Å². The number of ether oxygens (including phenoxy) is 1. The molecule has 0 saturated heterocycles. The molecule has 1 amide bonds. The molecular weight excluding hydrogens is 384 g/mol. The Morgan fingerprint density at radius 3 is 2.52 bits per heavy atom. The van der Waals surface area contributed by atoms with Crippen molar-refractivity contribution >= 4 is 27.7 Å². The molecular formula is C19H24N2O4S2. The zero-order chi connectivity index (χ0) is 19.9. The first-order valence-corrected chi connectivity index (χ1v) is 10.9. The average molecular weight is 409 g/mol. The molecule has 0 radical (unpaired) electrons. The Morgan fingerprint density at radius 2 is 1.81 bits per heavy atom. The second-order valence-corrected chi connectivity index (χ2v) is 9.19. The molecule has 0 spiro atoms. The fourth-order valence-electron chi connectivity index (χ4n) is 2.30. The Kier molecular flexibility index (Phi) is 7.70. The highest BCUT2D eigenvalue weighted by atomic mass is 32.2. The maximum atomic E-state index is 12.2. The smallest absolute Gasteiger partial charge is 0.242 e. The van der Waals surface area contributed by atoms with Gasteiger partial charge in [-0.2, -0.15) is 0 Å². The minimum absolute atomic E-state index is 0.0695. The van der Waals surface area contributed by atoms with Gasteiger partial charge in [0.25, 0.3) is 0 Å². The standard InChI is InChI=1S/C19H24N2O4S2/c1-21(2)27(23,24)18-9-5-7-16(11-18)13-26-14-19(22)20-12-15-6-4-8-17(10-15)25-3/h4-11H,12-14H2,1-3H3,(H,20,22). The van der Waals surface area contributed by atoms with E-state index in [1.54, 1.807) is 25.3 Å². The Labute approximate surface area is 165 Å². The van der Waals surface area contributed by atoms with E-state index in [1.807, 2.05) is 30.3 Å². The fourth-order valence-corrected chi connectivity index (χ4v) is 4.08. The van der Waals surface area contributed by atoms with Crippen molar-refractivity contribution in [3.8, 4) is 5.75 Å². The zero-order valence-electron chi connectivity index (χ0n) is 15.6. The summed E-state index contributed by atoms with van der Waals surface area (Å²) in [5, 5.41) is 2.87. The monoisotopic (exact) mass is 408 g/mol. The van der Waals surface area contributed by atoms with Crippen LogP contribution in [0.25, 0.3) is 0 Å². The van der Waals surface area contributed by atoms with E-state index in [0.29, 0.717) is 18.1 Å². The van der Waals surface area contributed by atoms with E-state index in [0.717, 1.165) is 16.9 Å². The lowest BCUT2D eigenvalue weighted by Crippen LogP contribution is -2.24. The number of methoxy groups -OCH3 is 1. The summed E-state index contributed by atoms with van der Waals surface area (Å²) >= 11 is 1.44. The van der Waals surface area contributed by atoms with Crippen LogP contribution in [0.4, 0.5) is 0 Å². The van der Waals surface area contributed by atoms with Crippen LogP contribution in [0, 0.1) is 0 Å². The van der Waals surface area contributed by atoms with Gasteiger partial charge in [-0.1, -0.05) is 24.3 Å². The molecule has 1 N–H and O–H groups in total. The number of benzene rings is 2. The number of sulfonamides is 1. The van der Waals surface area contributed by atoms with Gasteiger partial charge in [0.1, 0.15) is 5.75 Å². The second kappa shape index (κ2) is 9.77. The maximum Gasteiger partial charge on any atom is 0.242 e. The first-order chi connectivity index (χ1) is 12.8. The van der Waals surface area contributed by atoms with E-state index >= 15 is 0 Å². The number of amides is 1. The number of rotatable bonds is 9. The summed E-state index contributed by atoms with van der Waals surface area (Å²) in [5.74, 6) is 1.54. The van der Waals surface area contributed by atoms with E-state index in [2.05, 4.69) is 5.32 Å². The molecule has 27 heavy (non-hydrogen) atoms. The Morgan fingerprint density at radius 1 is 1.11 bits per heavy atom. The zero-order valence-corrected chi connectivity index (χ0v) is 17.3. The summed E-state index contributed by atoms with van der Waals surface area (Å²) in [5.41, 5.74) is 1.83. The Bertz CT molecular complexity index is 883. The van der Waals surface area contributed by atoms with Gasteiger partial charge in [0.2, 0.25) is 15.9 Å². The number of thioether (sulfide) groups is 1. The first kappa shape index (κ1) is 21.3. The highest BCUT2D eigenvalue weighted by Crippen LogP contribution is 2.18. The number of nitrogens with zero attached hydrogens (tertiary/aromatic N) is 1. The fraction of sp³-hybridized carbons (Fsp3) is 0.316. The molecule has 0 aromatic heterocycles. The van der Waals surface area contributed by atoms with E-state index in [-0.39, 0.29) is 10.8 Å². The van der Waals surface area contributed by atoms with Gasteiger partial charge in [-0.15, -0.1) is 11.8 Å². The minimum Gasteiger partial charge on any atom is -0.497 e. The normalized spacial score (nSPS) is 11.4. The van der Waals surface area contributed by atoms with Gasteiger partial charge < -0.3 is 10.1 Å². The van der Waals surface area contributed by atoms with Crippen LogP contribution in [0.5, 0.6) is 5.75 Å². The van der Waals surface area contributed by atoms with Crippen LogP contribution < -0.4 is 10.1 Å². The molecule has 0 aliphatic rings. The highest BCUT2D eigenvalue weighted by Gasteiger charge is 2.17. The molecule has 0 heterocycles. The second-order valence-electron chi connectivity index (χ2n) is 6.06. The van der Waals surface area contributed by atoms with Gasteiger partial charge in [0.05, 0.1) is 17.8 Å². The lowest BCUT2D eigenvalue weighted by atomic mass is 10.2. The van der Waals surface area contributed by atoms with Crippen LogP contribution in [-0.4, -0.2) is 45.6 Å². The first-order valence-electron chi connectivity index (χ1n) is 8.32. The summed E-state index contributed by atoms with van der Waals surface area (Å²) < 4.78 is 30.7. The quantitative estimate of drug-likeness (QED) is 0.690. The number of carbonyl (C=O) groups is 1. The van der Waals surface area contributed by atoms with E-state index < -0.39 is 10.0 Å². The van der Waals surface area contributed by atoms with Crippen molar-refractivity contribution in [1.82, 2.24) is 9.62 Å². The topological polar surface area (TPSA) is 75.7 Å². The van der Waals surface area contributed by atoms with Crippen molar-refractivity contribution in [2.75, 3.05) is 27.0 Å². The van der Waals surface area contributed by atoms with Crippen LogP contribution in [0.15, 0.2) is 53.4 Å². The molecule has 6 nitrogen and oxygen atoms in total. The van der Waals surface area contributed by atoms with Crippen LogP contribution in [0.1, 0.15) is 11.1 Å². The van der Waals surface area contributed by atoms with Gasteiger partial charge >= 0.3 is 0 Å². The molecule has 0 aliphatic carbocycles. The summed E-state index contributed by atoms with van der Waals surface area (Å²) in [4.78, 5) is 12.3. The Balaban J connectivity index is 1.83. The van der Waals surface area contributed by atoms with Crippen molar-refractivity contribution in [2.24, 2.45) is 0 Å². The van der Waals surface area contributed by atoms with Crippen molar-refractivity contribution < 1.29 is 17.9 Å². The number of nitrogens with one attached hydrogen (secondary N) is 1. The number of hydrogen-bond donors (Lipinski definition) is 1. The molecule has 0 aliphatic heterocycles. The molecule has 146 valence electrons. The third-order valence-electron chi connectivity index (χ3n) is 3.80. The summed E-state index contributed by atoms with van der Waals surface area (Å²) in [6.07, 6.45) is 0. The third-order valence-corrected chi connectivity index (χ3v) is 6.62. The van der Waals surface area contributed by atoms with Crippen LogP contribution >= 0.6 is 11.8 Å². The van der Waals surface area contributed by atoms with Crippen LogP contribution in [0.3, 0.4) is 0 Å². The summed E-state index contributed by atoms with van der Waals surface area (Å²) in [6.45, 7) is 0.438. The van der Waals surface area contributed by atoms with E-state index in [9.17, 15) is 13.2 Å². The molecule has 8 heteroatoms.